The summed E-state index contributed by atoms with van der Waals surface area (Å²) in [6, 6.07) is 5.11. The summed E-state index contributed by atoms with van der Waals surface area (Å²) in [5.41, 5.74) is 2.58. The molecule has 1 N–H and O–H groups in total. The van der Waals surface area contributed by atoms with Crippen molar-refractivity contribution < 1.29 is 4.39 Å². The van der Waals surface area contributed by atoms with Gasteiger partial charge in [0.15, 0.2) is 0 Å². The Labute approximate surface area is 115 Å². The highest BCUT2D eigenvalue weighted by Crippen LogP contribution is 2.40. The molecule has 2 fully saturated rings. The van der Waals surface area contributed by atoms with Crippen LogP contribution in [0.5, 0.6) is 0 Å². The summed E-state index contributed by atoms with van der Waals surface area (Å²) in [7, 11) is 0. The molecule has 104 valence electrons. The molecule has 1 saturated heterocycles. The van der Waals surface area contributed by atoms with Crippen LogP contribution in [0.3, 0.4) is 0 Å². The van der Waals surface area contributed by atoms with Crippen molar-refractivity contribution in [2.24, 2.45) is 5.92 Å². The van der Waals surface area contributed by atoms with E-state index in [1.165, 1.54) is 18.4 Å². The Balaban J connectivity index is 1.70. The van der Waals surface area contributed by atoms with Crippen LogP contribution in [0.15, 0.2) is 18.2 Å². The van der Waals surface area contributed by atoms with E-state index in [2.05, 4.69) is 24.1 Å². The van der Waals surface area contributed by atoms with Crippen molar-refractivity contribution in [3.8, 4) is 0 Å². The van der Waals surface area contributed by atoms with Gasteiger partial charge in [0, 0.05) is 31.7 Å². The molecule has 1 aliphatic carbocycles. The predicted octanol–water partition coefficient (Wildman–Crippen LogP) is 2.71. The average molecular weight is 262 g/mol. The van der Waals surface area contributed by atoms with Crippen molar-refractivity contribution in [2.45, 2.75) is 38.8 Å². The predicted molar refractivity (Wildman–Crippen MR) is 75.5 cm³/mol. The lowest BCUT2D eigenvalue weighted by atomic mass is 9.92. The Hall–Kier alpha value is -0.930. The second-order valence-electron chi connectivity index (χ2n) is 6.40. The molecule has 19 heavy (non-hydrogen) atoms. The fourth-order valence-corrected chi connectivity index (χ4v) is 3.28. The van der Waals surface area contributed by atoms with Gasteiger partial charge in [0.25, 0.3) is 0 Å². The van der Waals surface area contributed by atoms with E-state index in [9.17, 15) is 4.39 Å². The largest absolute Gasteiger partial charge is 0.309 e. The molecular weight excluding hydrogens is 239 g/mol. The molecule has 0 amide bonds. The van der Waals surface area contributed by atoms with Gasteiger partial charge in [-0.3, -0.25) is 4.90 Å². The molecule has 0 bridgehead atoms. The first kappa shape index (κ1) is 13.1. The summed E-state index contributed by atoms with van der Waals surface area (Å²) in [6.07, 6.45) is 2.71. The topological polar surface area (TPSA) is 15.3 Å². The standard InChI is InChI=1S/C16H23FN2/c1-12-3-6-15(17)9-13(12)10-19-8-7-18-16(2,11-19)14-4-5-14/h3,6,9,14,18H,4-5,7-8,10-11H2,1-2H3. The van der Waals surface area contributed by atoms with E-state index >= 15 is 0 Å². The zero-order valence-electron chi connectivity index (χ0n) is 11.9. The maximum absolute atomic E-state index is 13.4. The highest BCUT2D eigenvalue weighted by molar-refractivity contribution is 5.26. The lowest BCUT2D eigenvalue weighted by molar-refractivity contribution is 0.121. The van der Waals surface area contributed by atoms with Crippen LogP contribution >= 0.6 is 0 Å². The number of benzene rings is 1. The zero-order valence-corrected chi connectivity index (χ0v) is 11.9. The van der Waals surface area contributed by atoms with Gasteiger partial charge in [-0.2, -0.15) is 0 Å². The third-order valence-electron chi connectivity index (χ3n) is 4.69. The zero-order chi connectivity index (χ0) is 13.5. The minimum atomic E-state index is -0.124. The van der Waals surface area contributed by atoms with Gasteiger partial charge in [-0.25, -0.2) is 4.39 Å². The SMILES string of the molecule is Cc1ccc(F)cc1CN1CCNC(C)(C2CC2)C1. The number of piperazine rings is 1. The summed E-state index contributed by atoms with van der Waals surface area (Å²) in [4.78, 5) is 2.47. The van der Waals surface area contributed by atoms with Crippen molar-refractivity contribution in [1.29, 1.82) is 0 Å². The number of hydrogen-bond acceptors (Lipinski definition) is 2. The summed E-state index contributed by atoms with van der Waals surface area (Å²) in [5.74, 6) is 0.713. The van der Waals surface area contributed by atoms with Crippen LogP contribution in [0, 0.1) is 18.7 Å². The highest BCUT2D eigenvalue weighted by atomic mass is 19.1. The van der Waals surface area contributed by atoms with E-state index in [0.717, 1.165) is 37.7 Å². The molecular formula is C16H23FN2. The minimum absolute atomic E-state index is 0.124. The lowest BCUT2D eigenvalue weighted by Crippen LogP contribution is -2.59. The fraction of sp³-hybridized carbons (Fsp3) is 0.625. The maximum atomic E-state index is 13.4. The van der Waals surface area contributed by atoms with Crippen molar-refractivity contribution in [3.63, 3.8) is 0 Å². The molecule has 0 radical (unpaired) electrons. The van der Waals surface area contributed by atoms with Crippen molar-refractivity contribution in [3.05, 3.63) is 35.1 Å². The van der Waals surface area contributed by atoms with Gasteiger partial charge in [0.1, 0.15) is 5.82 Å². The second kappa shape index (κ2) is 4.88. The molecule has 3 heteroatoms. The Morgan fingerprint density at radius 1 is 1.42 bits per heavy atom. The van der Waals surface area contributed by atoms with E-state index < -0.39 is 0 Å². The van der Waals surface area contributed by atoms with Gasteiger partial charge >= 0.3 is 0 Å². The molecule has 0 spiro atoms. The molecule has 1 atom stereocenters. The first-order valence-corrected chi connectivity index (χ1v) is 7.29. The third kappa shape index (κ3) is 2.82. The molecule has 1 heterocycles. The quantitative estimate of drug-likeness (QED) is 0.901. The molecule has 1 aromatic carbocycles. The summed E-state index contributed by atoms with van der Waals surface area (Å²) in [6.45, 7) is 8.45. The molecule has 1 aromatic rings. The third-order valence-corrected chi connectivity index (χ3v) is 4.69. The van der Waals surface area contributed by atoms with Crippen LogP contribution in [-0.2, 0) is 6.54 Å². The molecule has 3 rings (SSSR count). The molecule has 0 aromatic heterocycles. The van der Waals surface area contributed by atoms with Crippen LogP contribution in [0.2, 0.25) is 0 Å². The summed E-state index contributed by atoms with van der Waals surface area (Å²) < 4.78 is 13.4. The number of nitrogens with one attached hydrogen (secondary N) is 1. The number of halogens is 1. The molecule has 1 unspecified atom stereocenters. The van der Waals surface area contributed by atoms with E-state index in [4.69, 9.17) is 0 Å². The normalized spacial score (nSPS) is 28.6. The number of rotatable bonds is 3. The van der Waals surface area contributed by atoms with Crippen molar-refractivity contribution in [2.75, 3.05) is 19.6 Å². The fourth-order valence-electron chi connectivity index (χ4n) is 3.28. The van der Waals surface area contributed by atoms with Gasteiger partial charge in [0.05, 0.1) is 0 Å². The van der Waals surface area contributed by atoms with E-state index in [1.54, 1.807) is 12.1 Å². The van der Waals surface area contributed by atoms with Crippen LogP contribution < -0.4 is 5.32 Å². The second-order valence-corrected chi connectivity index (χ2v) is 6.40. The van der Waals surface area contributed by atoms with Crippen LogP contribution in [-0.4, -0.2) is 30.1 Å². The van der Waals surface area contributed by atoms with E-state index in [-0.39, 0.29) is 11.4 Å². The number of hydrogen-bond donors (Lipinski definition) is 1. The monoisotopic (exact) mass is 262 g/mol. The lowest BCUT2D eigenvalue weighted by Gasteiger charge is -2.42. The Kier molecular flexibility index (Phi) is 3.35. The van der Waals surface area contributed by atoms with Crippen molar-refractivity contribution in [1.82, 2.24) is 10.2 Å². The molecule has 1 aliphatic heterocycles. The Morgan fingerprint density at radius 3 is 2.95 bits per heavy atom. The smallest absolute Gasteiger partial charge is 0.123 e. The molecule has 2 aliphatic rings. The number of aryl methyl sites for hydroxylation is 1. The summed E-state index contributed by atoms with van der Waals surface area (Å²) >= 11 is 0. The molecule has 2 nitrogen and oxygen atoms in total. The molecule has 1 saturated carbocycles. The van der Waals surface area contributed by atoms with Gasteiger partial charge < -0.3 is 5.32 Å². The first-order valence-electron chi connectivity index (χ1n) is 7.29. The van der Waals surface area contributed by atoms with Gasteiger partial charge in [-0.05, 0) is 55.9 Å². The van der Waals surface area contributed by atoms with Crippen LogP contribution in [0.25, 0.3) is 0 Å². The van der Waals surface area contributed by atoms with E-state index in [0.29, 0.717) is 0 Å². The van der Waals surface area contributed by atoms with Crippen molar-refractivity contribution >= 4 is 0 Å². The minimum Gasteiger partial charge on any atom is -0.309 e. The Morgan fingerprint density at radius 2 is 2.21 bits per heavy atom. The first-order chi connectivity index (χ1) is 9.07. The van der Waals surface area contributed by atoms with Gasteiger partial charge in [0.2, 0.25) is 0 Å². The van der Waals surface area contributed by atoms with Gasteiger partial charge in [-0.1, -0.05) is 6.07 Å². The Bertz CT molecular complexity index is 470. The summed E-state index contributed by atoms with van der Waals surface area (Å²) in [5, 5.41) is 3.68. The van der Waals surface area contributed by atoms with E-state index in [1.807, 2.05) is 6.07 Å². The maximum Gasteiger partial charge on any atom is 0.123 e. The van der Waals surface area contributed by atoms with Crippen LogP contribution in [0.1, 0.15) is 30.9 Å². The highest BCUT2D eigenvalue weighted by Gasteiger charge is 2.43. The number of nitrogens with zero attached hydrogens (tertiary/aromatic N) is 1. The average Bonchev–Trinajstić information content (AvgIpc) is 3.18. The van der Waals surface area contributed by atoms with Crippen LogP contribution in [0.4, 0.5) is 4.39 Å². The van der Waals surface area contributed by atoms with Gasteiger partial charge in [-0.15, -0.1) is 0 Å².